The summed E-state index contributed by atoms with van der Waals surface area (Å²) in [6.45, 7) is 2.57. The smallest absolute Gasteiger partial charge is 0.269 e. The van der Waals surface area contributed by atoms with E-state index in [1.807, 2.05) is 24.3 Å². The second kappa shape index (κ2) is 8.59. The number of nitro benzene ring substituents is 1. The molecule has 2 heterocycles. The first-order valence-electron chi connectivity index (χ1n) is 9.95. The molecule has 0 unspecified atom stereocenters. The Morgan fingerprint density at radius 3 is 2.50 bits per heavy atom. The summed E-state index contributed by atoms with van der Waals surface area (Å²) in [5.74, 6) is 1.40. The van der Waals surface area contributed by atoms with Crippen molar-refractivity contribution >= 4 is 5.69 Å². The molecule has 7 heteroatoms. The van der Waals surface area contributed by atoms with Crippen molar-refractivity contribution in [2.24, 2.45) is 0 Å². The Kier molecular flexibility index (Phi) is 5.72. The zero-order chi connectivity index (χ0) is 21.1. The lowest BCUT2D eigenvalue weighted by molar-refractivity contribution is -0.384. The molecular formula is C23H25N3O4. The lowest BCUT2D eigenvalue weighted by atomic mass is 10.00. The van der Waals surface area contributed by atoms with Gasteiger partial charge in [-0.25, -0.2) is 0 Å². The molecule has 1 aromatic heterocycles. The van der Waals surface area contributed by atoms with Crippen LogP contribution in [0.5, 0.6) is 11.5 Å². The zero-order valence-electron chi connectivity index (χ0n) is 17.2. The topological polar surface area (TPSA) is 69.8 Å². The third-order valence-corrected chi connectivity index (χ3v) is 5.61. The maximum Gasteiger partial charge on any atom is 0.269 e. The quantitative estimate of drug-likeness (QED) is 0.447. The van der Waals surface area contributed by atoms with Gasteiger partial charge >= 0.3 is 0 Å². The summed E-state index contributed by atoms with van der Waals surface area (Å²) in [6.07, 6.45) is 3.15. The molecule has 0 bridgehead atoms. The summed E-state index contributed by atoms with van der Waals surface area (Å²) in [5.41, 5.74) is 3.50. The van der Waals surface area contributed by atoms with Crippen LogP contribution in [0.3, 0.4) is 0 Å². The molecule has 0 saturated carbocycles. The van der Waals surface area contributed by atoms with Crippen molar-refractivity contribution in [1.82, 2.24) is 9.47 Å². The standard InChI is InChI=1S/C23H25N3O4/c1-29-21-11-8-18(15-22(21)30-2)23-20-5-3-12-24(20)13-4-14-25(23)16-17-6-9-19(10-7-17)26(27)28/h3,5-12,15,23H,4,13-14,16H2,1-2H3/t23-/m1/s1. The molecule has 3 aromatic rings. The van der Waals surface area contributed by atoms with E-state index in [1.165, 1.54) is 5.69 Å². The van der Waals surface area contributed by atoms with Crippen LogP contribution < -0.4 is 9.47 Å². The van der Waals surface area contributed by atoms with Crippen LogP contribution in [0.2, 0.25) is 0 Å². The molecule has 0 amide bonds. The number of aromatic nitrogens is 1. The Hall–Kier alpha value is -3.32. The van der Waals surface area contributed by atoms with E-state index in [0.717, 1.165) is 30.6 Å². The van der Waals surface area contributed by atoms with E-state index in [9.17, 15) is 10.1 Å². The van der Waals surface area contributed by atoms with Gasteiger partial charge in [-0.3, -0.25) is 15.0 Å². The van der Waals surface area contributed by atoms with Gasteiger partial charge in [-0.15, -0.1) is 0 Å². The second-order valence-electron chi connectivity index (χ2n) is 7.39. The summed E-state index contributed by atoms with van der Waals surface area (Å²) >= 11 is 0. The van der Waals surface area contributed by atoms with Crippen LogP contribution in [0.15, 0.2) is 60.8 Å². The third kappa shape index (κ3) is 3.89. The molecule has 2 aromatic carbocycles. The predicted molar refractivity (Wildman–Crippen MR) is 114 cm³/mol. The number of nitrogens with zero attached hydrogens (tertiary/aromatic N) is 3. The number of fused-ring (bicyclic) bond motifs is 1. The molecular weight excluding hydrogens is 382 g/mol. The van der Waals surface area contributed by atoms with Gasteiger partial charge in [0, 0.05) is 43.7 Å². The summed E-state index contributed by atoms with van der Waals surface area (Å²) in [4.78, 5) is 13.0. The number of non-ortho nitro benzene ring substituents is 1. The SMILES string of the molecule is COc1ccc([C@@H]2c3cccn3CCCN2Cc2ccc([N+](=O)[O-])cc2)cc1OC. The van der Waals surface area contributed by atoms with Gasteiger partial charge in [0.05, 0.1) is 25.2 Å². The largest absolute Gasteiger partial charge is 0.493 e. The van der Waals surface area contributed by atoms with Gasteiger partial charge in [0.15, 0.2) is 11.5 Å². The molecule has 0 aliphatic carbocycles. The van der Waals surface area contributed by atoms with Gasteiger partial charge in [0.1, 0.15) is 0 Å². The Morgan fingerprint density at radius 2 is 1.80 bits per heavy atom. The van der Waals surface area contributed by atoms with Crippen LogP contribution in [0.25, 0.3) is 0 Å². The van der Waals surface area contributed by atoms with Crippen LogP contribution in [0, 0.1) is 10.1 Å². The van der Waals surface area contributed by atoms with E-state index >= 15 is 0 Å². The van der Waals surface area contributed by atoms with Gasteiger partial charge in [0.25, 0.3) is 5.69 Å². The van der Waals surface area contributed by atoms with E-state index in [4.69, 9.17) is 9.47 Å². The maximum absolute atomic E-state index is 11.0. The molecule has 0 N–H and O–H groups in total. The highest BCUT2D eigenvalue weighted by Crippen LogP contribution is 2.37. The van der Waals surface area contributed by atoms with E-state index in [-0.39, 0.29) is 16.7 Å². The minimum atomic E-state index is -0.366. The molecule has 0 radical (unpaired) electrons. The van der Waals surface area contributed by atoms with Crippen LogP contribution in [0.1, 0.15) is 29.3 Å². The molecule has 156 valence electrons. The van der Waals surface area contributed by atoms with Crippen LogP contribution in [-0.2, 0) is 13.1 Å². The Labute approximate surface area is 175 Å². The lowest BCUT2D eigenvalue weighted by Gasteiger charge is -2.31. The number of aryl methyl sites for hydroxylation is 1. The van der Waals surface area contributed by atoms with Gasteiger partial charge < -0.3 is 14.0 Å². The normalized spacial score (nSPS) is 16.5. The number of rotatable bonds is 6. The Morgan fingerprint density at radius 1 is 1.03 bits per heavy atom. The summed E-state index contributed by atoms with van der Waals surface area (Å²) in [5, 5.41) is 11.0. The molecule has 1 aliphatic heterocycles. The van der Waals surface area contributed by atoms with Crippen molar-refractivity contribution in [1.29, 1.82) is 0 Å². The second-order valence-corrected chi connectivity index (χ2v) is 7.39. The summed E-state index contributed by atoms with van der Waals surface area (Å²) < 4.78 is 13.3. The van der Waals surface area contributed by atoms with E-state index in [1.54, 1.807) is 26.4 Å². The Balaban J connectivity index is 1.72. The van der Waals surface area contributed by atoms with E-state index in [2.05, 4.69) is 33.9 Å². The highest BCUT2D eigenvalue weighted by molar-refractivity contribution is 5.45. The zero-order valence-corrected chi connectivity index (χ0v) is 17.2. The van der Waals surface area contributed by atoms with Crippen molar-refractivity contribution in [3.05, 3.63) is 87.7 Å². The highest BCUT2D eigenvalue weighted by Gasteiger charge is 2.28. The minimum Gasteiger partial charge on any atom is -0.493 e. The van der Waals surface area contributed by atoms with Gasteiger partial charge in [-0.2, -0.15) is 0 Å². The minimum absolute atomic E-state index is 0.0394. The number of methoxy groups -OCH3 is 2. The fourth-order valence-corrected chi connectivity index (χ4v) is 4.17. The first-order chi connectivity index (χ1) is 14.6. The molecule has 0 spiro atoms. The first kappa shape index (κ1) is 20.0. The van der Waals surface area contributed by atoms with Crippen LogP contribution >= 0.6 is 0 Å². The van der Waals surface area contributed by atoms with Crippen molar-refractivity contribution in [2.75, 3.05) is 20.8 Å². The third-order valence-electron chi connectivity index (χ3n) is 5.61. The molecule has 7 nitrogen and oxygen atoms in total. The van der Waals surface area contributed by atoms with Crippen molar-refractivity contribution in [3.63, 3.8) is 0 Å². The van der Waals surface area contributed by atoms with Crippen molar-refractivity contribution in [2.45, 2.75) is 25.6 Å². The summed E-state index contributed by atoms with van der Waals surface area (Å²) in [6, 6.07) is 17.2. The fraction of sp³-hybridized carbons (Fsp3) is 0.304. The van der Waals surface area contributed by atoms with Crippen molar-refractivity contribution in [3.8, 4) is 11.5 Å². The molecule has 30 heavy (non-hydrogen) atoms. The monoisotopic (exact) mass is 407 g/mol. The van der Waals surface area contributed by atoms with Crippen molar-refractivity contribution < 1.29 is 14.4 Å². The molecule has 4 rings (SSSR count). The number of benzene rings is 2. The highest BCUT2D eigenvalue weighted by atomic mass is 16.6. The van der Waals surface area contributed by atoms with E-state index in [0.29, 0.717) is 18.0 Å². The average molecular weight is 407 g/mol. The number of ether oxygens (including phenoxy) is 2. The number of hydrogen-bond acceptors (Lipinski definition) is 5. The molecule has 1 atom stereocenters. The van der Waals surface area contributed by atoms with Gasteiger partial charge in [-0.05, 0) is 41.8 Å². The first-order valence-corrected chi connectivity index (χ1v) is 9.95. The van der Waals surface area contributed by atoms with Gasteiger partial charge in [0.2, 0.25) is 0 Å². The predicted octanol–water partition coefficient (Wildman–Crippen LogP) is 4.41. The average Bonchev–Trinajstić information content (AvgIpc) is 3.15. The number of hydrogen-bond donors (Lipinski definition) is 0. The fourth-order valence-electron chi connectivity index (χ4n) is 4.17. The van der Waals surface area contributed by atoms with Crippen LogP contribution in [0.4, 0.5) is 5.69 Å². The molecule has 1 aliphatic rings. The van der Waals surface area contributed by atoms with Gasteiger partial charge in [-0.1, -0.05) is 18.2 Å². The summed E-state index contributed by atoms with van der Waals surface area (Å²) in [7, 11) is 3.28. The Bertz CT molecular complexity index is 1030. The number of nitro groups is 1. The molecule has 0 fully saturated rings. The maximum atomic E-state index is 11.0. The van der Waals surface area contributed by atoms with E-state index < -0.39 is 0 Å². The van der Waals surface area contributed by atoms with Crippen LogP contribution in [-0.4, -0.2) is 35.2 Å². The lowest BCUT2D eigenvalue weighted by Crippen LogP contribution is -2.29. The molecule has 0 saturated heterocycles.